The molecule has 2 aromatic heterocycles. The molecule has 1 atom stereocenters. The van der Waals surface area contributed by atoms with Crippen molar-refractivity contribution in [2.24, 2.45) is 12.0 Å². The van der Waals surface area contributed by atoms with Gasteiger partial charge in [0.2, 0.25) is 0 Å². The van der Waals surface area contributed by atoms with Crippen molar-refractivity contribution >= 4 is 29.9 Å². The van der Waals surface area contributed by atoms with Gasteiger partial charge in [0.25, 0.3) is 0 Å². The van der Waals surface area contributed by atoms with Crippen LogP contribution < -0.4 is 10.6 Å². The molecule has 2 rings (SSSR count). The van der Waals surface area contributed by atoms with Crippen molar-refractivity contribution in [1.29, 1.82) is 0 Å². The first-order valence-electron chi connectivity index (χ1n) is 8.26. The molecule has 0 saturated carbocycles. The summed E-state index contributed by atoms with van der Waals surface area (Å²) < 4.78 is 12.0. The summed E-state index contributed by atoms with van der Waals surface area (Å²) in [5.74, 6) is 1.53. The van der Waals surface area contributed by atoms with Gasteiger partial charge in [0.15, 0.2) is 5.96 Å². The van der Waals surface area contributed by atoms with Crippen LogP contribution in [0.3, 0.4) is 0 Å². The van der Waals surface area contributed by atoms with Crippen LogP contribution in [0.5, 0.6) is 0 Å². The maximum Gasteiger partial charge on any atom is 0.191 e. The zero-order valence-electron chi connectivity index (χ0n) is 15.4. The van der Waals surface area contributed by atoms with Crippen LogP contribution in [0, 0.1) is 0 Å². The Balaban J connectivity index is 0.00000338. The van der Waals surface area contributed by atoms with Gasteiger partial charge in [0.1, 0.15) is 11.4 Å². The van der Waals surface area contributed by atoms with E-state index in [1.165, 1.54) is 0 Å². The van der Waals surface area contributed by atoms with Crippen LogP contribution in [0.15, 0.2) is 40.2 Å². The van der Waals surface area contributed by atoms with Crippen LogP contribution >= 0.6 is 24.0 Å². The number of aliphatic hydroxyl groups is 1. The van der Waals surface area contributed by atoms with Gasteiger partial charge in [0, 0.05) is 45.4 Å². The van der Waals surface area contributed by atoms with E-state index in [2.05, 4.69) is 20.7 Å². The lowest BCUT2D eigenvalue weighted by atomic mass is 10.0. The van der Waals surface area contributed by atoms with Crippen LogP contribution in [0.25, 0.3) is 0 Å². The SMILES string of the molecule is COCCNC(=NCC(C)(O)c1cnn(C)c1)NCCc1ccco1.I. The molecule has 0 aromatic carbocycles. The van der Waals surface area contributed by atoms with Gasteiger partial charge in [-0.05, 0) is 19.1 Å². The first kappa shape index (κ1) is 22.5. The van der Waals surface area contributed by atoms with Crippen molar-refractivity contribution in [3.63, 3.8) is 0 Å². The highest BCUT2D eigenvalue weighted by molar-refractivity contribution is 14.0. The number of nitrogens with zero attached hydrogens (tertiary/aromatic N) is 3. The monoisotopic (exact) mass is 477 g/mol. The number of rotatable bonds is 9. The minimum atomic E-state index is -1.09. The van der Waals surface area contributed by atoms with Crippen LogP contribution in [0.1, 0.15) is 18.2 Å². The first-order chi connectivity index (χ1) is 12.0. The number of methoxy groups -OCH3 is 1. The molecule has 26 heavy (non-hydrogen) atoms. The highest BCUT2D eigenvalue weighted by atomic mass is 127. The second-order valence-electron chi connectivity index (χ2n) is 6.02. The number of hydrogen-bond acceptors (Lipinski definition) is 5. The van der Waals surface area contributed by atoms with E-state index in [1.807, 2.05) is 19.2 Å². The number of aromatic nitrogens is 2. The average molecular weight is 477 g/mol. The largest absolute Gasteiger partial charge is 0.469 e. The van der Waals surface area contributed by atoms with Crippen LogP contribution in [0.4, 0.5) is 0 Å². The summed E-state index contributed by atoms with van der Waals surface area (Å²) in [6.07, 6.45) is 5.85. The predicted molar refractivity (Wildman–Crippen MR) is 111 cm³/mol. The minimum absolute atomic E-state index is 0. The molecule has 0 saturated heterocycles. The van der Waals surface area contributed by atoms with E-state index >= 15 is 0 Å². The van der Waals surface area contributed by atoms with E-state index < -0.39 is 5.60 Å². The molecule has 0 bridgehead atoms. The summed E-state index contributed by atoms with van der Waals surface area (Å²) in [5, 5.41) is 21.2. The summed E-state index contributed by atoms with van der Waals surface area (Å²) in [6, 6.07) is 3.80. The molecule has 0 amide bonds. The number of aliphatic imine (C=N–C) groups is 1. The predicted octanol–water partition coefficient (Wildman–Crippen LogP) is 1.26. The third-order valence-electron chi connectivity index (χ3n) is 3.71. The molecule has 3 N–H and O–H groups in total. The maximum absolute atomic E-state index is 10.6. The highest BCUT2D eigenvalue weighted by Crippen LogP contribution is 2.19. The summed E-state index contributed by atoms with van der Waals surface area (Å²) in [4.78, 5) is 4.49. The standard InChI is InChI=1S/C17H27N5O3.HI/c1-17(23,14-11-21-22(2)12-14)13-20-16(19-8-10-24-3)18-7-6-15-5-4-9-25-15;/h4-5,9,11-12,23H,6-8,10,13H2,1-3H3,(H2,18,19,20);1H. The minimum Gasteiger partial charge on any atom is -0.469 e. The topological polar surface area (TPSA) is 96.8 Å². The second-order valence-corrected chi connectivity index (χ2v) is 6.02. The molecular weight excluding hydrogens is 449 g/mol. The van der Waals surface area contributed by atoms with Gasteiger partial charge in [-0.2, -0.15) is 5.10 Å². The zero-order chi connectivity index (χ0) is 18.1. The first-order valence-corrected chi connectivity index (χ1v) is 8.26. The molecule has 0 aliphatic carbocycles. The Labute approximate surface area is 171 Å². The van der Waals surface area contributed by atoms with Gasteiger partial charge >= 0.3 is 0 Å². The van der Waals surface area contributed by atoms with Gasteiger partial charge in [-0.3, -0.25) is 4.68 Å². The Hall–Kier alpha value is -1.59. The molecular formula is C17H28IN5O3. The molecule has 0 aliphatic rings. The quantitative estimate of drug-likeness (QED) is 0.218. The fraction of sp³-hybridized carbons (Fsp3) is 0.529. The zero-order valence-corrected chi connectivity index (χ0v) is 17.8. The average Bonchev–Trinajstić information content (AvgIpc) is 3.24. The Morgan fingerprint density at radius 3 is 2.81 bits per heavy atom. The Morgan fingerprint density at radius 1 is 1.42 bits per heavy atom. The summed E-state index contributed by atoms with van der Waals surface area (Å²) in [7, 11) is 3.47. The number of halogens is 1. The number of aryl methyl sites for hydroxylation is 1. The third kappa shape index (κ3) is 7.34. The molecule has 2 aromatic rings. The lowest BCUT2D eigenvalue weighted by Gasteiger charge is -2.20. The fourth-order valence-corrected chi connectivity index (χ4v) is 2.23. The second kappa shape index (κ2) is 11.2. The van der Waals surface area contributed by atoms with E-state index in [0.29, 0.717) is 25.7 Å². The van der Waals surface area contributed by atoms with Crippen LogP contribution in [0.2, 0.25) is 0 Å². The van der Waals surface area contributed by atoms with Crippen LogP contribution in [-0.4, -0.2) is 54.2 Å². The van der Waals surface area contributed by atoms with Crippen molar-refractivity contribution < 1.29 is 14.3 Å². The van der Waals surface area contributed by atoms with E-state index in [9.17, 15) is 5.11 Å². The van der Waals surface area contributed by atoms with Crippen molar-refractivity contribution in [2.75, 3.05) is 33.4 Å². The summed E-state index contributed by atoms with van der Waals surface area (Å²) in [6.45, 7) is 3.79. The highest BCUT2D eigenvalue weighted by Gasteiger charge is 2.24. The van der Waals surface area contributed by atoms with Crippen molar-refractivity contribution in [3.05, 3.63) is 42.1 Å². The molecule has 1 unspecified atom stereocenters. The Morgan fingerprint density at radius 2 is 2.19 bits per heavy atom. The molecule has 146 valence electrons. The molecule has 2 heterocycles. The normalized spacial score (nSPS) is 13.8. The van der Waals surface area contributed by atoms with Gasteiger partial charge in [0.05, 0.1) is 25.6 Å². The molecule has 0 spiro atoms. The summed E-state index contributed by atoms with van der Waals surface area (Å²) >= 11 is 0. The number of hydrogen-bond donors (Lipinski definition) is 3. The van der Waals surface area contributed by atoms with Gasteiger partial charge in [-0.1, -0.05) is 0 Å². The van der Waals surface area contributed by atoms with Gasteiger partial charge in [-0.25, -0.2) is 4.99 Å². The lowest BCUT2D eigenvalue weighted by Crippen LogP contribution is -2.41. The number of ether oxygens (including phenoxy) is 1. The van der Waals surface area contributed by atoms with E-state index in [4.69, 9.17) is 9.15 Å². The Kier molecular flexibility index (Phi) is 9.66. The molecule has 9 heteroatoms. The van der Waals surface area contributed by atoms with Crippen molar-refractivity contribution in [1.82, 2.24) is 20.4 Å². The van der Waals surface area contributed by atoms with E-state index in [-0.39, 0.29) is 30.5 Å². The number of furan rings is 1. The van der Waals surface area contributed by atoms with Gasteiger partial charge in [-0.15, -0.1) is 24.0 Å². The van der Waals surface area contributed by atoms with Crippen molar-refractivity contribution in [3.8, 4) is 0 Å². The van der Waals surface area contributed by atoms with E-state index in [0.717, 1.165) is 17.7 Å². The fourth-order valence-electron chi connectivity index (χ4n) is 2.23. The molecule has 0 radical (unpaired) electrons. The third-order valence-corrected chi connectivity index (χ3v) is 3.71. The molecule has 0 fully saturated rings. The number of guanidine groups is 1. The number of nitrogens with one attached hydrogen (secondary N) is 2. The van der Waals surface area contributed by atoms with E-state index in [1.54, 1.807) is 37.4 Å². The van der Waals surface area contributed by atoms with Gasteiger partial charge < -0.3 is 24.9 Å². The molecule has 0 aliphatic heterocycles. The Bertz CT molecular complexity index is 655. The maximum atomic E-state index is 10.6. The van der Waals surface area contributed by atoms with Crippen molar-refractivity contribution in [2.45, 2.75) is 18.9 Å². The van der Waals surface area contributed by atoms with Crippen LogP contribution in [-0.2, 0) is 23.8 Å². The molecule has 8 nitrogen and oxygen atoms in total. The summed E-state index contributed by atoms with van der Waals surface area (Å²) in [5.41, 5.74) is -0.365. The smallest absolute Gasteiger partial charge is 0.191 e. The lowest BCUT2D eigenvalue weighted by molar-refractivity contribution is 0.0671.